The first-order valence-electron chi connectivity index (χ1n) is 10.8. The van der Waals surface area contributed by atoms with Crippen molar-refractivity contribution in [1.29, 1.82) is 5.26 Å². The Hall–Kier alpha value is -3.06. The van der Waals surface area contributed by atoms with Crippen LogP contribution in [0.15, 0.2) is 18.7 Å². The van der Waals surface area contributed by atoms with Gasteiger partial charge in [-0.25, -0.2) is 19.3 Å². The van der Waals surface area contributed by atoms with Crippen LogP contribution in [-0.4, -0.2) is 48.5 Å². The molecule has 3 saturated carbocycles. The minimum atomic E-state index is -1.49. The third kappa shape index (κ3) is 5.05. The van der Waals surface area contributed by atoms with Crippen LogP contribution in [-0.2, 0) is 6.54 Å². The maximum absolute atomic E-state index is 13.8. The smallest absolute Gasteiger partial charge is 0.224 e. The number of fused-ring (bicyclic) bond motifs is 3. The van der Waals surface area contributed by atoms with E-state index in [1.165, 1.54) is 26.4 Å². The van der Waals surface area contributed by atoms with Gasteiger partial charge < -0.3 is 20.5 Å². The van der Waals surface area contributed by atoms with Crippen LogP contribution in [0.3, 0.4) is 0 Å². The molecule has 0 unspecified atom stereocenters. The molecule has 3 aliphatic rings. The fourth-order valence-electron chi connectivity index (χ4n) is 4.26. The number of hydrogen-bond acceptors (Lipinski definition) is 9. The van der Waals surface area contributed by atoms with E-state index < -0.39 is 11.3 Å². The van der Waals surface area contributed by atoms with Gasteiger partial charge in [-0.1, -0.05) is 0 Å². The molecule has 170 valence electrons. The molecule has 3 N–H and O–H groups in total. The van der Waals surface area contributed by atoms with E-state index in [-0.39, 0.29) is 18.7 Å². The molecular weight excluding hydrogens is 413 g/mol. The Kier molecular flexibility index (Phi) is 5.86. The van der Waals surface area contributed by atoms with Crippen molar-refractivity contribution in [1.82, 2.24) is 19.9 Å². The molecule has 2 aromatic rings. The van der Waals surface area contributed by atoms with Crippen molar-refractivity contribution in [2.24, 2.45) is 0 Å². The molecule has 10 heteroatoms. The average molecular weight is 442 g/mol. The molecule has 9 nitrogen and oxygen atoms in total. The predicted octanol–water partition coefficient (Wildman–Crippen LogP) is 3.13. The van der Waals surface area contributed by atoms with Gasteiger partial charge in [-0.15, -0.1) is 0 Å². The molecule has 0 radical (unpaired) electrons. The van der Waals surface area contributed by atoms with Gasteiger partial charge in [0.15, 0.2) is 0 Å². The fraction of sp³-hybridized carbons (Fsp3) is 0.591. The van der Waals surface area contributed by atoms with Crippen molar-refractivity contribution >= 4 is 11.8 Å². The molecule has 32 heavy (non-hydrogen) atoms. The van der Waals surface area contributed by atoms with Crippen LogP contribution in [0.5, 0.6) is 5.88 Å². The maximum Gasteiger partial charge on any atom is 0.224 e. The zero-order chi connectivity index (χ0) is 22.8. The standard InChI is InChI=1S/C22H28FN7O2/c1-20(2,23)13-32-18-16(10-25-14-28-18)12-27-19-26-11-15(9-24)17(29-19)30-21-3-6-22(31,7-4-21)8-5-21/h10-11,14,31H,3-8,12-13H2,1-2H3,(H2,26,27,29,30). The summed E-state index contributed by atoms with van der Waals surface area (Å²) in [7, 11) is 0. The molecule has 3 aliphatic carbocycles. The first-order valence-corrected chi connectivity index (χ1v) is 10.8. The molecule has 2 aromatic heterocycles. The number of ether oxygens (including phenoxy) is 1. The molecular formula is C22H28FN7O2. The van der Waals surface area contributed by atoms with Crippen molar-refractivity contribution in [3.05, 3.63) is 29.8 Å². The third-order valence-corrected chi connectivity index (χ3v) is 6.24. The van der Waals surface area contributed by atoms with E-state index >= 15 is 0 Å². The highest BCUT2D eigenvalue weighted by Crippen LogP contribution is 2.48. The number of nitrogens with one attached hydrogen (secondary N) is 2. The second kappa shape index (κ2) is 8.47. The lowest BCUT2D eigenvalue weighted by Gasteiger charge is -2.51. The van der Waals surface area contributed by atoms with Crippen LogP contribution in [0.1, 0.15) is 63.5 Å². The molecule has 0 amide bonds. The van der Waals surface area contributed by atoms with Crippen molar-refractivity contribution in [3.63, 3.8) is 0 Å². The summed E-state index contributed by atoms with van der Waals surface area (Å²) < 4.78 is 19.3. The third-order valence-electron chi connectivity index (χ3n) is 6.24. The normalized spacial score (nSPS) is 24.6. The Morgan fingerprint density at radius 1 is 1.19 bits per heavy atom. The zero-order valence-corrected chi connectivity index (χ0v) is 18.4. The number of anilines is 2. The summed E-state index contributed by atoms with van der Waals surface area (Å²) in [5, 5.41) is 26.6. The molecule has 2 bridgehead atoms. The highest BCUT2D eigenvalue weighted by Gasteiger charge is 2.48. The Morgan fingerprint density at radius 3 is 2.56 bits per heavy atom. The van der Waals surface area contributed by atoms with Crippen LogP contribution in [0.2, 0.25) is 0 Å². The lowest BCUT2D eigenvalue weighted by atomic mass is 9.63. The van der Waals surface area contributed by atoms with Gasteiger partial charge in [0.2, 0.25) is 11.8 Å². The Labute approximate surface area is 186 Å². The summed E-state index contributed by atoms with van der Waals surface area (Å²) in [6, 6.07) is 2.15. The number of halogens is 1. The lowest BCUT2D eigenvalue weighted by molar-refractivity contribution is -0.0580. The topological polar surface area (TPSA) is 129 Å². The number of nitriles is 1. The summed E-state index contributed by atoms with van der Waals surface area (Å²) >= 11 is 0. The van der Waals surface area contributed by atoms with Crippen molar-refractivity contribution in [3.8, 4) is 11.9 Å². The van der Waals surface area contributed by atoms with E-state index in [1.54, 1.807) is 6.20 Å². The predicted molar refractivity (Wildman–Crippen MR) is 116 cm³/mol. The van der Waals surface area contributed by atoms with E-state index in [1.807, 2.05) is 0 Å². The average Bonchev–Trinajstić information content (AvgIpc) is 2.77. The molecule has 0 spiro atoms. The Morgan fingerprint density at radius 2 is 1.91 bits per heavy atom. The fourth-order valence-corrected chi connectivity index (χ4v) is 4.26. The first-order chi connectivity index (χ1) is 15.2. The van der Waals surface area contributed by atoms with Crippen molar-refractivity contribution in [2.45, 2.75) is 75.7 Å². The first kappa shape index (κ1) is 22.1. The van der Waals surface area contributed by atoms with E-state index in [4.69, 9.17) is 4.74 Å². The summed E-state index contributed by atoms with van der Waals surface area (Å²) in [6.45, 7) is 3.01. The van der Waals surface area contributed by atoms with Crippen LogP contribution < -0.4 is 15.4 Å². The van der Waals surface area contributed by atoms with Gasteiger partial charge in [-0.2, -0.15) is 10.2 Å². The van der Waals surface area contributed by atoms with Crippen LogP contribution in [0.4, 0.5) is 16.2 Å². The van der Waals surface area contributed by atoms with E-state index in [9.17, 15) is 14.8 Å². The van der Waals surface area contributed by atoms with E-state index in [2.05, 4.69) is 36.6 Å². The largest absolute Gasteiger partial charge is 0.474 e. The van der Waals surface area contributed by atoms with Gasteiger partial charge in [0, 0.05) is 18.3 Å². The van der Waals surface area contributed by atoms with Crippen molar-refractivity contribution in [2.75, 3.05) is 17.2 Å². The summed E-state index contributed by atoms with van der Waals surface area (Å²) in [5.41, 5.74) is -1.17. The SMILES string of the molecule is CC(C)(F)COc1ncncc1CNc1ncc(C#N)c(NC23CCC(O)(CC2)CC3)n1. The lowest BCUT2D eigenvalue weighted by Crippen LogP contribution is -2.54. The number of alkyl halides is 1. The number of nitrogens with zero attached hydrogens (tertiary/aromatic N) is 5. The Bertz CT molecular complexity index is 994. The summed E-state index contributed by atoms with van der Waals surface area (Å²) in [6.07, 6.45) is 9.21. The van der Waals surface area contributed by atoms with Crippen LogP contribution >= 0.6 is 0 Å². The van der Waals surface area contributed by atoms with Gasteiger partial charge >= 0.3 is 0 Å². The van der Waals surface area contributed by atoms with Crippen LogP contribution in [0, 0.1) is 11.3 Å². The molecule has 0 aromatic carbocycles. The Balaban J connectivity index is 1.46. The highest BCUT2D eigenvalue weighted by atomic mass is 19.1. The van der Waals surface area contributed by atoms with Gasteiger partial charge in [-0.3, -0.25) is 0 Å². The number of aliphatic hydroxyl groups is 1. The zero-order valence-electron chi connectivity index (χ0n) is 18.4. The molecule has 3 fully saturated rings. The number of rotatable bonds is 8. The van der Waals surface area contributed by atoms with Gasteiger partial charge in [0.1, 0.15) is 36.1 Å². The minimum Gasteiger partial charge on any atom is -0.474 e. The van der Waals surface area contributed by atoms with Crippen molar-refractivity contribution < 1.29 is 14.2 Å². The van der Waals surface area contributed by atoms with Gasteiger partial charge in [-0.05, 0) is 52.4 Å². The maximum atomic E-state index is 13.8. The van der Waals surface area contributed by atoms with Gasteiger partial charge in [0.25, 0.3) is 0 Å². The molecule has 2 heterocycles. The molecule has 0 saturated heterocycles. The second-order valence-electron chi connectivity index (χ2n) is 9.41. The summed E-state index contributed by atoms with van der Waals surface area (Å²) in [4.78, 5) is 16.9. The number of hydrogen-bond donors (Lipinski definition) is 3. The van der Waals surface area contributed by atoms with Gasteiger partial charge in [0.05, 0.1) is 17.4 Å². The van der Waals surface area contributed by atoms with E-state index in [0.717, 1.165) is 38.5 Å². The monoisotopic (exact) mass is 441 g/mol. The minimum absolute atomic E-state index is 0.129. The van der Waals surface area contributed by atoms with E-state index in [0.29, 0.717) is 28.8 Å². The highest BCUT2D eigenvalue weighted by molar-refractivity contribution is 5.55. The molecule has 0 aliphatic heterocycles. The van der Waals surface area contributed by atoms with Crippen LogP contribution in [0.25, 0.3) is 0 Å². The quantitative estimate of drug-likeness (QED) is 0.566. The molecule has 0 atom stereocenters. The summed E-state index contributed by atoms with van der Waals surface area (Å²) in [5.74, 6) is 1.12. The number of aromatic nitrogens is 4. The molecule has 5 rings (SSSR count). The second-order valence-corrected chi connectivity index (χ2v) is 9.41.